The molecule has 0 amide bonds. The van der Waals surface area contributed by atoms with Gasteiger partial charge in [-0.05, 0) is 12.2 Å². The van der Waals surface area contributed by atoms with E-state index >= 15 is 0 Å². The molecule has 15 heavy (non-hydrogen) atoms. The van der Waals surface area contributed by atoms with Gasteiger partial charge in [0.05, 0.1) is 18.3 Å². The molecular weight excluding hydrogens is 194 g/mol. The van der Waals surface area contributed by atoms with Gasteiger partial charge in [0.25, 0.3) is 11.6 Å². The van der Waals surface area contributed by atoms with E-state index in [-0.39, 0.29) is 0 Å². The normalized spacial score (nSPS) is 18.8. The minimum Gasteiger partial charge on any atom is -0.375 e. The first-order chi connectivity index (χ1) is 7.36. The molecule has 0 spiro atoms. The molecule has 1 aromatic heterocycles. The Morgan fingerprint density at radius 1 is 1.40 bits per heavy atom. The fourth-order valence-corrected chi connectivity index (χ4v) is 1.74. The number of allylic oxidation sites excluding steroid dienone is 1. The summed E-state index contributed by atoms with van der Waals surface area (Å²) in [7, 11) is 0. The van der Waals surface area contributed by atoms with Crippen molar-refractivity contribution >= 4 is 5.82 Å². The zero-order valence-electron chi connectivity index (χ0n) is 7.95. The third-order valence-electron chi connectivity index (χ3n) is 2.50. The van der Waals surface area contributed by atoms with Gasteiger partial charge in [-0.15, -0.1) is 5.10 Å². The molecule has 3 heterocycles. The Hall–Kier alpha value is -2.11. The number of nitrogens with zero attached hydrogens (tertiary/aromatic N) is 2. The molecule has 2 aliphatic heterocycles. The first-order valence-corrected chi connectivity index (χ1v) is 4.74. The first-order valence-electron chi connectivity index (χ1n) is 4.74. The van der Waals surface area contributed by atoms with Crippen LogP contribution in [0.25, 0.3) is 0 Å². The lowest BCUT2D eigenvalue weighted by atomic mass is 10.3. The zero-order valence-corrected chi connectivity index (χ0v) is 7.95. The van der Waals surface area contributed by atoms with E-state index in [1.54, 1.807) is 6.20 Å². The Balaban J connectivity index is 2.12. The highest BCUT2D eigenvalue weighted by atomic mass is 16.3. The van der Waals surface area contributed by atoms with Gasteiger partial charge >= 0.3 is 0 Å². The van der Waals surface area contributed by atoms with Crippen LogP contribution < -0.4 is 10.6 Å². The molecule has 1 aromatic rings. The van der Waals surface area contributed by atoms with Gasteiger partial charge in [-0.25, -0.2) is 0 Å². The monoisotopic (exact) mass is 204 g/mol. The summed E-state index contributed by atoms with van der Waals surface area (Å²) in [6, 6.07) is 0. The second-order valence-electron chi connectivity index (χ2n) is 3.44. The van der Waals surface area contributed by atoms with E-state index in [1.165, 1.54) is 0 Å². The minimum atomic E-state index is 0.496. The number of aromatic amines is 1. The van der Waals surface area contributed by atoms with E-state index in [4.69, 9.17) is 0 Å². The van der Waals surface area contributed by atoms with Crippen LogP contribution in [0, 0.1) is 4.91 Å². The molecule has 6 heteroatoms. The van der Waals surface area contributed by atoms with Crippen LogP contribution in [0.15, 0.2) is 29.9 Å². The number of hydrogen-bond acceptors (Lipinski definition) is 4. The quantitative estimate of drug-likeness (QED) is 0.530. The summed E-state index contributed by atoms with van der Waals surface area (Å²) < 4.78 is 0.848. The molecule has 0 bridgehead atoms. The van der Waals surface area contributed by atoms with Crippen LogP contribution >= 0.6 is 0 Å². The predicted octanol–water partition coefficient (Wildman–Crippen LogP) is 0.252. The first kappa shape index (κ1) is 8.22. The fourth-order valence-electron chi connectivity index (χ4n) is 1.74. The summed E-state index contributed by atoms with van der Waals surface area (Å²) in [5.74, 6) is 1.04. The number of hydrogen-bond donors (Lipinski definition) is 3. The Morgan fingerprint density at radius 2 is 2.33 bits per heavy atom. The number of fused-ring (bicyclic) bond motifs is 1. The molecule has 0 aromatic carbocycles. The lowest BCUT2D eigenvalue weighted by molar-refractivity contribution is -0.419. The minimum absolute atomic E-state index is 0.496. The second kappa shape index (κ2) is 2.94. The van der Waals surface area contributed by atoms with Crippen LogP contribution in [0.5, 0.6) is 0 Å². The molecule has 0 saturated carbocycles. The predicted molar refractivity (Wildman–Crippen MR) is 52.9 cm³/mol. The zero-order chi connectivity index (χ0) is 10.3. The molecule has 3 rings (SSSR count). The van der Waals surface area contributed by atoms with E-state index in [1.807, 2.05) is 12.2 Å². The fraction of sp³-hybridized carbons (Fsp3) is 0.222. The smallest absolute Gasteiger partial charge is 0.295 e. The topological polar surface area (TPSA) is 72.8 Å². The maximum atomic E-state index is 12.0. The van der Waals surface area contributed by atoms with Gasteiger partial charge in [-0.1, -0.05) is 4.91 Å². The van der Waals surface area contributed by atoms with Gasteiger partial charge in [0.15, 0.2) is 0 Å². The Kier molecular flexibility index (Phi) is 1.61. The number of H-pyrrole nitrogens is 1. The van der Waals surface area contributed by atoms with Crippen molar-refractivity contribution in [3.63, 3.8) is 0 Å². The number of dihydropyridines is 1. The summed E-state index contributed by atoms with van der Waals surface area (Å²) in [5.41, 5.74) is 1.69. The average molecular weight is 204 g/mol. The highest BCUT2D eigenvalue weighted by molar-refractivity contribution is 5.36. The van der Waals surface area contributed by atoms with Crippen LogP contribution in [-0.2, 0) is 6.54 Å². The van der Waals surface area contributed by atoms with Gasteiger partial charge in [0.1, 0.15) is 5.70 Å². The molecule has 0 radical (unpaired) electrons. The van der Waals surface area contributed by atoms with E-state index in [2.05, 4.69) is 20.8 Å². The number of rotatable bonds is 0. The molecular formula is C9H10N5O+. The molecule has 3 N–H and O–H groups in total. The molecule has 0 atom stereocenters. The highest BCUT2D eigenvalue weighted by Crippen LogP contribution is 2.23. The Bertz CT molecular complexity index is 484. The van der Waals surface area contributed by atoms with Crippen LogP contribution in [0.4, 0.5) is 5.82 Å². The molecule has 0 unspecified atom stereocenters. The number of nitrogens with one attached hydrogen (secondary N) is 3. The largest absolute Gasteiger partial charge is 0.375 e. The maximum Gasteiger partial charge on any atom is 0.295 e. The van der Waals surface area contributed by atoms with Gasteiger partial charge < -0.3 is 5.32 Å². The Labute approximate surface area is 85.6 Å². The molecule has 0 aliphatic carbocycles. The molecule has 0 saturated heterocycles. The van der Waals surface area contributed by atoms with Crippen LogP contribution in [0.2, 0.25) is 0 Å². The van der Waals surface area contributed by atoms with Gasteiger partial charge in [0, 0.05) is 11.3 Å². The Morgan fingerprint density at radius 3 is 3.27 bits per heavy atom. The van der Waals surface area contributed by atoms with Crippen LogP contribution in [-0.4, -0.2) is 21.5 Å². The molecule has 0 fully saturated rings. The van der Waals surface area contributed by atoms with E-state index in [9.17, 15) is 4.91 Å². The summed E-state index contributed by atoms with van der Waals surface area (Å²) in [6.07, 6.45) is 5.54. The van der Waals surface area contributed by atoms with Crippen molar-refractivity contribution in [2.24, 2.45) is 0 Å². The standard InChI is InChI=1S/C9H10N5O/c15-14-8-6(5-12-13-8)4-11-7-2-1-3-10-9(7)14/h1-2,5,10-11H,3-4H2,(H,12,13)/q+1. The van der Waals surface area contributed by atoms with Crippen molar-refractivity contribution in [2.45, 2.75) is 6.54 Å². The number of aromatic nitrogens is 2. The summed E-state index contributed by atoms with van der Waals surface area (Å²) in [6.45, 7) is 1.28. The highest BCUT2D eigenvalue weighted by Gasteiger charge is 2.29. The van der Waals surface area contributed by atoms with Crippen LogP contribution in [0.3, 0.4) is 0 Å². The van der Waals surface area contributed by atoms with Gasteiger partial charge in [-0.3, -0.25) is 5.32 Å². The van der Waals surface area contributed by atoms with Crippen molar-refractivity contribution in [3.05, 3.63) is 40.3 Å². The summed E-state index contributed by atoms with van der Waals surface area (Å²) >= 11 is 0. The lowest BCUT2D eigenvalue weighted by Gasteiger charge is -2.10. The SMILES string of the molecule is O=[N+]1C2=C(C=CCN2)NCc2cn[nH]c21. The van der Waals surface area contributed by atoms with E-state index < -0.39 is 0 Å². The van der Waals surface area contributed by atoms with Crippen LogP contribution in [0.1, 0.15) is 5.56 Å². The van der Waals surface area contributed by atoms with Crippen molar-refractivity contribution in [3.8, 4) is 0 Å². The molecule has 2 aliphatic rings. The van der Waals surface area contributed by atoms with Gasteiger partial charge in [-0.2, -0.15) is 5.10 Å². The lowest BCUT2D eigenvalue weighted by Crippen LogP contribution is -2.27. The second-order valence-corrected chi connectivity index (χ2v) is 3.44. The van der Waals surface area contributed by atoms with Gasteiger partial charge in [0.2, 0.25) is 0 Å². The number of nitroso groups, excluding NO2 is 1. The van der Waals surface area contributed by atoms with Crippen molar-refractivity contribution in [1.29, 1.82) is 0 Å². The van der Waals surface area contributed by atoms with Crippen molar-refractivity contribution < 1.29 is 4.76 Å². The van der Waals surface area contributed by atoms with Crippen molar-refractivity contribution in [1.82, 2.24) is 20.8 Å². The van der Waals surface area contributed by atoms with E-state index in [0.717, 1.165) is 16.0 Å². The molecule has 76 valence electrons. The van der Waals surface area contributed by atoms with E-state index in [0.29, 0.717) is 24.7 Å². The summed E-state index contributed by atoms with van der Waals surface area (Å²) in [4.78, 5) is 12.0. The third-order valence-corrected chi connectivity index (χ3v) is 2.50. The third kappa shape index (κ3) is 1.14. The average Bonchev–Trinajstić information content (AvgIpc) is 2.69. The molecule has 6 nitrogen and oxygen atoms in total. The summed E-state index contributed by atoms with van der Waals surface area (Å²) in [5, 5.41) is 12.8. The maximum absolute atomic E-state index is 12.0. The van der Waals surface area contributed by atoms with Crippen molar-refractivity contribution in [2.75, 3.05) is 6.54 Å².